The Kier molecular flexibility index (Phi) is 6.71. The summed E-state index contributed by atoms with van der Waals surface area (Å²) in [6, 6.07) is 17.9. The molecule has 2 atom stereocenters. The summed E-state index contributed by atoms with van der Waals surface area (Å²) in [7, 11) is 0. The molecule has 2 aromatic rings. The van der Waals surface area contributed by atoms with E-state index in [0.717, 1.165) is 35.8 Å². The van der Waals surface area contributed by atoms with Gasteiger partial charge in [-0.15, -0.1) is 11.8 Å². The number of rotatable bonds is 6. The van der Waals surface area contributed by atoms with Crippen LogP contribution in [0.3, 0.4) is 0 Å². The molecule has 1 heterocycles. The molecule has 28 heavy (non-hydrogen) atoms. The van der Waals surface area contributed by atoms with Gasteiger partial charge in [-0.25, -0.2) is 0 Å². The topological polar surface area (TPSA) is 29.5 Å². The molecule has 3 nitrogen and oxygen atoms in total. The number of carbonyl (C=O) groups is 1. The molecule has 0 aliphatic carbocycles. The van der Waals surface area contributed by atoms with Crippen molar-refractivity contribution in [1.29, 1.82) is 0 Å². The number of ether oxygens (including phenoxy) is 1. The van der Waals surface area contributed by atoms with Gasteiger partial charge in [0.2, 0.25) is 5.91 Å². The zero-order valence-corrected chi connectivity index (χ0v) is 18.2. The van der Waals surface area contributed by atoms with Crippen LogP contribution in [0.2, 0.25) is 0 Å². The van der Waals surface area contributed by atoms with E-state index in [0.29, 0.717) is 12.3 Å². The number of hydrogen-bond acceptors (Lipinski definition) is 3. The highest BCUT2D eigenvalue weighted by Crippen LogP contribution is 2.40. The summed E-state index contributed by atoms with van der Waals surface area (Å²) in [6.07, 6.45) is 1.68. The van der Waals surface area contributed by atoms with Crippen molar-refractivity contribution in [1.82, 2.24) is 4.90 Å². The highest BCUT2D eigenvalue weighted by molar-refractivity contribution is 7.99. The van der Waals surface area contributed by atoms with Gasteiger partial charge >= 0.3 is 0 Å². The third-order valence-corrected chi connectivity index (χ3v) is 6.08. The summed E-state index contributed by atoms with van der Waals surface area (Å²) >= 11 is 1.84. The Morgan fingerprint density at radius 1 is 1.14 bits per heavy atom. The number of benzene rings is 2. The highest BCUT2D eigenvalue weighted by Gasteiger charge is 2.31. The maximum atomic E-state index is 13.0. The van der Waals surface area contributed by atoms with E-state index in [1.807, 2.05) is 59.1 Å². The third-order valence-electron chi connectivity index (χ3n) is 4.82. The molecule has 0 aromatic heterocycles. The zero-order valence-electron chi connectivity index (χ0n) is 17.4. The Morgan fingerprint density at radius 3 is 2.57 bits per heavy atom. The number of thioether (sulfide) groups is 1. The standard InChI is InChI=1S/C24H31NO2S/c1-18(17-24(2,3)4)15-22(26)25-13-14-28-23(25)19-9-8-12-21(16-19)27-20-10-6-5-7-11-20/h5-12,16,18,23H,13-15,17H2,1-4H3/t18-,23+/m0/s1. The van der Waals surface area contributed by atoms with Crippen molar-refractivity contribution in [2.75, 3.05) is 12.3 Å². The van der Waals surface area contributed by atoms with E-state index >= 15 is 0 Å². The number of nitrogens with zero attached hydrogens (tertiary/aromatic N) is 1. The molecule has 0 unspecified atom stereocenters. The zero-order chi connectivity index (χ0) is 20.1. The fourth-order valence-corrected chi connectivity index (χ4v) is 5.16. The van der Waals surface area contributed by atoms with Crippen LogP contribution >= 0.6 is 11.8 Å². The van der Waals surface area contributed by atoms with Crippen molar-refractivity contribution >= 4 is 17.7 Å². The van der Waals surface area contributed by atoms with Gasteiger partial charge in [0.25, 0.3) is 0 Å². The molecule has 1 aliphatic rings. The van der Waals surface area contributed by atoms with Gasteiger partial charge < -0.3 is 9.64 Å². The van der Waals surface area contributed by atoms with Crippen LogP contribution in [0.15, 0.2) is 54.6 Å². The molecule has 1 fully saturated rings. The molecular weight excluding hydrogens is 366 g/mol. The lowest BCUT2D eigenvalue weighted by Crippen LogP contribution is -2.32. The lowest BCUT2D eigenvalue weighted by molar-refractivity contribution is -0.132. The quantitative estimate of drug-likeness (QED) is 0.556. The first-order valence-corrected chi connectivity index (χ1v) is 11.1. The van der Waals surface area contributed by atoms with E-state index in [1.54, 1.807) is 0 Å². The minimum atomic E-state index is 0.0775. The van der Waals surface area contributed by atoms with Crippen LogP contribution in [0.1, 0.15) is 51.5 Å². The Balaban J connectivity index is 1.68. The van der Waals surface area contributed by atoms with E-state index in [9.17, 15) is 4.79 Å². The summed E-state index contributed by atoms with van der Waals surface area (Å²) < 4.78 is 5.98. The number of para-hydroxylation sites is 1. The first-order chi connectivity index (χ1) is 13.3. The van der Waals surface area contributed by atoms with Crippen LogP contribution in [-0.2, 0) is 4.79 Å². The van der Waals surface area contributed by atoms with Crippen LogP contribution in [0.5, 0.6) is 11.5 Å². The first-order valence-electron chi connectivity index (χ1n) is 10.1. The van der Waals surface area contributed by atoms with Gasteiger partial charge in [-0.2, -0.15) is 0 Å². The van der Waals surface area contributed by atoms with E-state index in [2.05, 4.69) is 39.8 Å². The molecule has 4 heteroatoms. The average molecular weight is 398 g/mol. The fourth-order valence-electron chi connectivity index (χ4n) is 3.89. The van der Waals surface area contributed by atoms with Crippen molar-refractivity contribution in [2.45, 2.75) is 45.9 Å². The normalized spacial score (nSPS) is 18.1. The van der Waals surface area contributed by atoms with Crippen LogP contribution < -0.4 is 4.74 Å². The second-order valence-electron chi connectivity index (χ2n) is 8.87. The first kappa shape index (κ1) is 20.8. The lowest BCUT2D eigenvalue weighted by Gasteiger charge is -2.28. The average Bonchev–Trinajstić information content (AvgIpc) is 3.11. The summed E-state index contributed by atoms with van der Waals surface area (Å²) in [5.74, 6) is 3.27. The maximum absolute atomic E-state index is 13.0. The molecule has 0 bridgehead atoms. The smallest absolute Gasteiger partial charge is 0.224 e. The third kappa shape index (κ3) is 5.78. The molecule has 0 saturated carbocycles. The monoisotopic (exact) mass is 397 g/mol. The van der Waals surface area contributed by atoms with Crippen molar-refractivity contribution in [3.05, 3.63) is 60.2 Å². The van der Waals surface area contributed by atoms with Gasteiger partial charge in [-0.05, 0) is 47.6 Å². The van der Waals surface area contributed by atoms with Crippen LogP contribution in [0.25, 0.3) is 0 Å². The molecule has 0 N–H and O–H groups in total. The molecule has 1 saturated heterocycles. The fraction of sp³-hybridized carbons (Fsp3) is 0.458. The molecule has 1 aliphatic heterocycles. The Hall–Kier alpha value is -1.94. The number of hydrogen-bond donors (Lipinski definition) is 0. The van der Waals surface area contributed by atoms with E-state index in [4.69, 9.17) is 4.74 Å². The molecule has 3 rings (SSSR count). The van der Waals surface area contributed by atoms with Crippen LogP contribution in [0.4, 0.5) is 0 Å². The SMILES string of the molecule is C[C@@H](CC(=O)N1CCS[C@@H]1c1cccc(Oc2ccccc2)c1)CC(C)(C)C. The van der Waals surface area contributed by atoms with Gasteiger partial charge in [0.05, 0.1) is 0 Å². The van der Waals surface area contributed by atoms with Crippen molar-refractivity contribution in [3.8, 4) is 11.5 Å². The van der Waals surface area contributed by atoms with E-state index in [1.165, 1.54) is 0 Å². The molecule has 150 valence electrons. The predicted molar refractivity (Wildman–Crippen MR) is 118 cm³/mol. The minimum Gasteiger partial charge on any atom is -0.457 e. The molecular formula is C24H31NO2S. The van der Waals surface area contributed by atoms with E-state index in [-0.39, 0.29) is 16.7 Å². The lowest BCUT2D eigenvalue weighted by atomic mass is 9.84. The second-order valence-corrected chi connectivity index (χ2v) is 10.1. The summed E-state index contributed by atoms with van der Waals surface area (Å²) in [6.45, 7) is 9.72. The second kappa shape index (κ2) is 9.04. The Bertz CT molecular complexity index is 785. The summed E-state index contributed by atoms with van der Waals surface area (Å²) in [5.41, 5.74) is 1.38. The molecule has 0 radical (unpaired) electrons. The van der Waals surface area contributed by atoms with E-state index < -0.39 is 0 Å². The summed E-state index contributed by atoms with van der Waals surface area (Å²) in [5, 5.41) is 0.0775. The molecule has 0 spiro atoms. The van der Waals surface area contributed by atoms with Crippen molar-refractivity contribution in [2.24, 2.45) is 11.3 Å². The van der Waals surface area contributed by atoms with Gasteiger partial charge in [-0.1, -0.05) is 58.0 Å². The van der Waals surface area contributed by atoms with Gasteiger partial charge in [-0.3, -0.25) is 4.79 Å². The van der Waals surface area contributed by atoms with Crippen molar-refractivity contribution < 1.29 is 9.53 Å². The highest BCUT2D eigenvalue weighted by atomic mass is 32.2. The number of carbonyl (C=O) groups excluding carboxylic acids is 1. The maximum Gasteiger partial charge on any atom is 0.224 e. The molecule has 1 amide bonds. The Morgan fingerprint density at radius 2 is 1.86 bits per heavy atom. The largest absolute Gasteiger partial charge is 0.457 e. The van der Waals surface area contributed by atoms with Gasteiger partial charge in [0, 0.05) is 18.7 Å². The summed E-state index contributed by atoms with van der Waals surface area (Å²) in [4.78, 5) is 15.0. The Labute approximate surface area is 173 Å². The van der Waals surface area contributed by atoms with Crippen LogP contribution in [0, 0.1) is 11.3 Å². The predicted octanol–water partition coefficient (Wildman–Crippen LogP) is 6.52. The van der Waals surface area contributed by atoms with Gasteiger partial charge in [0.1, 0.15) is 16.9 Å². The molecule has 2 aromatic carbocycles. The van der Waals surface area contributed by atoms with Crippen molar-refractivity contribution in [3.63, 3.8) is 0 Å². The van der Waals surface area contributed by atoms with Crippen LogP contribution in [-0.4, -0.2) is 23.1 Å². The number of amides is 1. The minimum absolute atomic E-state index is 0.0775. The van der Waals surface area contributed by atoms with Gasteiger partial charge in [0.15, 0.2) is 0 Å².